The van der Waals surface area contributed by atoms with E-state index >= 15 is 0 Å². The van der Waals surface area contributed by atoms with Crippen LogP contribution in [0.2, 0.25) is 0 Å². The smallest absolute Gasteiger partial charge is 0.407 e. The zero-order chi connectivity index (χ0) is 14.8. The van der Waals surface area contributed by atoms with E-state index in [4.69, 9.17) is 4.74 Å². The van der Waals surface area contributed by atoms with Gasteiger partial charge in [0.1, 0.15) is 11.4 Å². The fourth-order valence-corrected chi connectivity index (χ4v) is 2.33. The first-order valence-corrected chi connectivity index (χ1v) is 7.36. The van der Waals surface area contributed by atoms with Crippen molar-refractivity contribution in [2.75, 3.05) is 6.54 Å². The number of aryl methyl sites for hydroxylation is 1. The van der Waals surface area contributed by atoms with E-state index in [2.05, 4.69) is 21.1 Å². The molecule has 2 rings (SSSR count). The van der Waals surface area contributed by atoms with Gasteiger partial charge in [-0.05, 0) is 40.5 Å². The summed E-state index contributed by atoms with van der Waals surface area (Å²) in [6.45, 7) is 8.90. The van der Waals surface area contributed by atoms with Gasteiger partial charge in [0, 0.05) is 25.2 Å². The molecule has 0 unspecified atom stereocenters. The fraction of sp³-hybridized carbons (Fsp3) is 0.733. The molecule has 1 aromatic heterocycles. The van der Waals surface area contributed by atoms with Gasteiger partial charge in [-0.1, -0.05) is 6.42 Å². The molecule has 0 bridgehead atoms. The van der Waals surface area contributed by atoms with E-state index in [1.807, 2.05) is 27.7 Å². The number of carbonyl (C=O) groups is 1. The number of imidazole rings is 1. The first-order chi connectivity index (χ1) is 9.35. The molecule has 20 heavy (non-hydrogen) atoms. The number of hydrogen-bond acceptors (Lipinski definition) is 3. The Morgan fingerprint density at radius 3 is 2.75 bits per heavy atom. The van der Waals surface area contributed by atoms with Crippen molar-refractivity contribution in [3.8, 4) is 0 Å². The summed E-state index contributed by atoms with van der Waals surface area (Å²) in [4.78, 5) is 16.2. The molecule has 1 N–H and O–H groups in total. The Hall–Kier alpha value is -1.52. The van der Waals surface area contributed by atoms with Gasteiger partial charge in [0.25, 0.3) is 0 Å². The molecule has 1 aliphatic rings. The SMILES string of the molecule is Cc1cn(CCNC(=O)OC(C)(C)C)c(C2CCC2)n1. The van der Waals surface area contributed by atoms with Gasteiger partial charge in [0.05, 0.1) is 5.69 Å². The molecule has 0 radical (unpaired) electrons. The third kappa shape index (κ3) is 3.99. The summed E-state index contributed by atoms with van der Waals surface area (Å²) in [7, 11) is 0. The third-order valence-corrected chi connectivity index (χ3v) is 3.42. The topological polar surface area (TPSA) is 56.2 Å². The normalized spacial score (nSPS) is 15.8. The van der Waals surface area contributed by atoms with Crippen molar-refractivity contribution in [2.45, 2.75) is 65.0 Å². The van der Waals surface area contributed by atoms with Crippen molar-refractivity contribution in [2.24, 2.45) is 0 Å². The first kappa shape index (κ1) is 14.9. The van der Waals surface area contributed by atoms with Crippen LogP contribution in [0.4, 0.5) is 4.79 Å². The summed E-state index contributed by atoms with van der Waals surface area (Å²) in [5.41, 5.74) is 0.594. The Kier molecular flexibility index (Phi) is 4.35. The summed E-state index contributed by atoms with van der Waals surface area (Å²) in [5, 5.41) is 2.79. The highest BCUT2D eigenvalue weighted by Gasteiger charge is 2.24. The standard InChI is InChI=1S/C15H25N3O2/c1-11-10-18(13(17-11)12-6-5-7-12)9-8-16-14(19)20-15(2,3)4/h10,12H,5-9H2,1-4H3,(H,16,19). The van der Waals surface area contributed by atoms with E-state index in [-0.39, 0.29) is 6.09 Å². The van der Waals surface area contributed by atoms with Gasteiger partial charge in [0.15, 0.2) is 0 Å². The zero-order valence-electron chi connectivity index (χ0n) is 12.9. The number of nitrogens with zero attached hydrogens (tertiary/aromatic N) is 2. The van der Waals surface area contributed by atoms with E-state index in [1.165, 1.54) is 25.1 Å². The summed E-state index contributed by atoms with van der Waals surface area (Å²) < 4.78 is 7.38. The molecule has 0 aromatic carbocycles. The second-order valence-electron chi connectivity index (χ2n) is 6.49. The van der Waals surface area contributed by atoms with E-state index in [9.17, 15) is 4.79 Å². The predicted octanol–water partition coefficient (Wildman–Crippen LogP) is 2.98. The van der Waals surface area contributed by atoms with Crippen LogP contribution in [-0.4, -0.2) is 27.8 Å². The monoisotopic (exact) mass is 279 g/mol. The van der Waals surface area contributed by atoms with Crippen LogP contribution < -0.4 is 5.32 Å². The van der Waals surface area contributed by atoms with Crippen molar-refractivity contribution in [1.82, 2.24) is 14.9 Å². The molecular formula is C15H25N3O2. The number of nitrogens with one attached hydrogen (secondary N) is 1. The third-order valence-electron chi connectivity index (χ3n) is 3.42. The van der Waals surface area contributed by atoms with Crippen LogP contribution in [-0.2, 0) is 11.3 Å². The molecule has 5 nitrogen and oxygen atoms in total. The van der Waals surface area contributed by atoms with Crippen molar-refractivity contribution in [3.05, 3.63) is 17.7 Å². The van der Waals surface area contributed by atoms with Gasteiger partial charge >= 0.3 is 6.09 Å². The van der Waals surface area contributed by atoms with Crippen molar-refractivity contribution in [1.29, 1.82) is 0 Å². The van der Waals surface area contributed by atoms with Gasteiger partial charge in [-0.2, -0.15) is 0 Å². The van der Waals surface area contributed by atoms with Crippen LogP contribution in [0.1, 0.15) is 57.5 Å². The molecule has 5 heteroatoms. The van der Waals surface area contributed by atoms with Gasteiger partial charge < -0.3 is 14.6 Å². The molecule has 1 aliphatic carbocycles. The van der Waals surface area contributed by atoms with Gasteiger partial charge in [-0.15, -0.1) is 0 Å². The number of aromatic nitrogens is 2. The molecule has 1 saturated carbocycles. The van der Waals surface area contributed by atoms with Crippen molar-refractivity contribution >= 4 is 6.09 Å². The first-order valence-electron chi connectivity index (χ1n) is 7.36. The Morgan fingerprint density at radius 1 is 1.50 bits per heavy atom. The number of hydrogen-bond donors (Lipinski definition) is 1. The molecule has 0 aliphatic heterocycles. The summed E-state index contributed by atoms with van der Waals surface area (Å²) in [5.74, 6) is 1.77. The van der Waals surface area contributed by atoms with E-state index in [0.717, 1.165) is 12.2 Å². The largest absolute Gasteiger partial charge is 0.444 e. The second kappa shape index (κ2) is 5.85. The quantitative estimate of drug-likeness (QED) is 0.921. The highest BCUT2D eigenvalue weighted by Crippen LogP contribution is 2.35. The Morgan fingerprint density at radius 2 is 2.20 bits per heavy atom. The lowest BCUT2D eigenvalue weighted by atomic mass is 9.85. The minimum Gasteiger partial charge on any atom is -0.444 e. The summed E-state index contributed by atoms with van der Waals surface area (Å²) >= 11 is 0. The molecule has 0 saturated heterocycles. The van der Waals surface area contributed by atoms with Crippen molar-refractivity contribution < 1.29 is 9.53 Å². The van der Waals surface area contributed by atoms with E-state index in [1.54, 1.807) is 0 Å². The molecule has 0 atom stereocenters. The number of amides is 1. The maximum atomic E-state index is 11.6. The maximum absolute atomic E-state index is 11.6. The average molecular weight is 279 g/mol. The predicted molar refractivity (Wildman–Crippen MR) is 77.8 cm³/mol. The molecule has 1 aromatic rings. The van der Waals surface area contributed by atoms with Crippen LogP contribution in [0, 0.1) is 6.92 Å². The minimum atomic E-state index is -0.452. The molecule has 1 fully saturated rings. The lowest BCUT2D eigenvalue weighted by Gasteiger charge is -2.25. The number of alkyl carbamates (subject to hydrolysis) is 1. The highest BCUT2D eigenvalue weighted by molar-refractivity contribution is 5.67. The van der Waals surface area contributed by atoms with Crippen molar-refractivity contribution in [3.63, 3.8) is 0 Å². The van der Waals surface area contributed by atoms with Crippen LogP contribution in [0.15, 0.2) is 6.20 Å². The van der Waals surface area contributed by atoms with Gasteiger partial charge in [0.2, 0.25) is 0 Å². The second-order valence-corrected chi connectivity index (χ2v) is 6.49. The lowest BCUT2D eigenvalue weighted by molar-refractivity contribution is 0.0526. The maximum Gasteiger partial charge on any atom is 0.407 e. The Labute approximate surface area is 120 Å². The molecule has 1 amide bonds. The fourth-order valence-electron chi connectivity index (χ4n) is 2.33. The molecule has 1 heterocycles. The number of carbonyl (C=O) groups excluding carboxylic acids is 1. The van der Waals surface area contributed by atoms with Crippen LogP contribution in [0.25, 0.3) is 0 Å². The van der Waals surface area contributed by atoms with Gasteiger partial charge in [-0.25, -0.2) is 9.78 Å². The number of ether oxygens (including phenoxy) is 1. The number of rotatable bonds is 4. The minimum absolute atomic E-state index is 0.362. The van der Waals surface area contributed by atoms with Gasteiger partial charge in [-0.3, -0.25) is 0 Å². The van der Waals surface area contributed by atoms with E-state index < -0.39 is 5.60 Å². The Balaban J connectivity index is 1.83. The van der Waals surface area contributed by atoms with Crippen LogP contribution in [0.5, 0.6) is 0 Å². The van der Waals surface area contributed by atoms with Crippen LogP contribution >= 0.6 is 0 Å². The summed E-state index contributed by atoms with van der Waals surface area (Å²) in [6, 6.07) is 0. The molecule has 112 valence electrons. The average Bonchev–Trinajstić information content (AvgIpc) is 2.54. The lowest BCUT2D eigenvalue weighted by Crippen LogP contribution is -2.34. The highest BCUT2D eigenvalue weighted by atomic mass is 16.6. The summed E-state index contributed by atoms with van der Waals surface area (Å²) in [6.07, 6.45) is 5.46. The van der Waals surface area contributed by atoms with E-state index in [0.29, 0.717) is 12.5 Å². The van der Waals surface area contributed by atoms with Crippen LogP contribution in [0.3, 0.4) is 0 Å². The zero-order valence-corrected chi connectivity index (χ0v) is 12.9. The Bertz CT molecular complexity index is 470. The molecule has 0 spiro atoms. The molecular weight excluding hydrogens is 254 g/mol.